The molecule has 0 saturated carbocycles. The monoisotopic (exact) mass is 410 g/mol. The van der Waals surface area contributed by atoms with Gasteiger partial charge in [-0.2, -0.15) is 0 Å². The fourth-order valence-corrected chi connectivity index (χ4v) is 4.01. The van der Waals surface area contributed by atoms with Gasteiger partial charge in [-0.1, -0.05) is 41.9 Å². The number of nitrogens with two attached hydrogens (primary N) is 1. The molecular weight excluding hydrogens is 386 g/mol. The average molecular weight is 411 g/mol. The summed E-state index contributed by atoms with van der Waals surface area (Å²) in [6, 6.07) is 14.1. The van der Waals surface area contributed by atoms with Crippen molar-refractivity contribution in [1.82, 2.24) is 4.31 Å². The van der Waals surface area contributed by atoms with Gasteiger partial charge in [0.05, 0.1) is 5.02 Å². The summed E-state index contributed by atoms with van der Waals surface area (Å²) in [6.07, 6.45) is 0. The normalized spacial score (nSPS) is 14.0. The molecule has 0 unspecified atom stereocenters. The van der Waals surface area contributed by atoms with Crippen molar-refractivity contribution < 1.29 is 18.5 Å². The van der Waals surface area contributed by atoms with Crippen LogP contribution in [0.3, 0.4) is 0 Å². The van der Waals surface area contributed by atoms with Crippen LogP contribution in [0, 0.1) is 0 Å². The van der Waals surface area contributed by atoms with Crippen molar-refractivity contribution in [2.24, 2.45) is 0 Å². The summed E-state index contributed by atoms with van der Waals surface area (Å²) in [4.78, 5) is 12.5. The van der Waals surface area contributed by atoms with E-state index in [4.69, 9.17) is 11.6 Å². The van der Waals surface area contributed by atoms with E-state index in [1.54, 1.807) is 6.07 Å². The average Bonchev–Trinajstić information content (AvgIpc) is 2.63. The third-order valence-corrected chi connectivity index (χ3v) is 6.57. The minimum absolute atomic E-state index is 0.0405. The Morgan fingerprint density at radius 3 is 2.33 bits per heavy atom. The molecule has 0 aliphatic carbocycles. The van der Waals surface area contributed by atoms with Crippen LogP contribution >= 0.6 is 11.6 Å². The Morgan fingerprint density at radius 1 is 1.11 bits per heavy atom. The molecule has 2 aromatic carbocycles. The fourth-order valence-electron chi connectivity index (χ4n) is 2.62. The lowest BCUT2D eigenvalue weighted by Gasteiger charge is -2.18. The molecule has 0 aliphatic rings. The van der Waals surface area contributed by atoms with E-state index in [0.29, 0.717) is 5.69 Å². The zero-order chi connectivity index (χ0) is 20.2. The Labute approximate surface area is 165 Å². The number of nitrogens with zero attached hydrogens (tertiary/aromatic N) is 1. The number of nitrogens with one attached hydrogen (secondary N) is 1. The zero-order valence-corrected chi connectivity index (χ0v) is 17.4. The van der Waals surface area contributed by atoms with Gasteiger partial charge >= 0.3 is 0 Å². The van der Waals surface area contributed by atoms with Crippen LogP contribution in [0.1, 0.15) is 25.5 Å². The van der Waals surface area contributed by atoms with Crippen molar-refractivity contribution in [2.75, 3.05) is 19.4 Å². The maximum atomic E-state index is 12.5. The predicted molar refractivity (Wildman–Crippen MR) is 107 cm³/mol. The third-order valence-electron chi connectivity index (χ3n) is 4.27. The molecule has 2 aromatic rings. The maximum absolute atomic E-state index is 12.5. The van der Waals surface area contributed by atoms with Gasteiger partial charge < -0.3 is 10.6 Å². The van der Waals surface area contributed by atoms with E-state index in [1.807, 2.05) is 49.5 Å². The highest BCUT2D eigenvalue weighted by Crippen LogP contribution is 2.26. The van der Waals surface area contributed by atoms with E-state index < -0.39 is 10.0 Å². The first-order chi connectivity index (χ1) is 12.6. The molecule has 0 bridgehead atoms. The summed E-state index contributed by atoms with van der Waals surface area (Å²) in [5.41, 5.74) is 1.51. The molecule has 0 spiro atoms. The first-order valence-corrected chi connectivity index (χ1v) is 10.4. The predicted octanol–water partition coefficient (Wildman–Crippen LogP) is 2.24. The molecule has 6 nitrogen and oxygen atoms in total. The number of anilines is 1. The highest BCUT2D eigenvalue weighted by Gasteiger charge is 2.23. The van der Waals surface area contributed by atoms with Gasteiger partial charge in [0.15, 0.2) is 6.04 Å². The Balaban J connectivity index is 2.11. The maximum Gasteiger partial charge on any atom is 0.282 e. The summed E-state index contributed by atoms with van der Waals surface area (Å²) in [6.45, 7) is 3.84. The molecule has 0 heterocycles. The van der Waals surface area contributed by atoms with Gasteiger partial charge in [0.2, 0.25) is 10.0 Å². The number of rotatable bonds is 7. The number of carbonyl (C=O) groups excluding carboxylic acids is 1. The van der Waals surface area contributed by atoms with E-state index in [2.05, 4.69) is 5.32 Å². The molecule has 2 rings (SSSR count). The molecule has 8 heteroatoms. The van der Waals surface area contributed by atoms with Gasteiger partial charge in [-0.05, 0) is 32.0 Å². The minimum Gasteiger partial charge on any atom is -0.330 e. The fraction of sp³-hybridized carbons (Fsp3) is 0.316. The van der Waals surface area contributed by atoms with Crippen molar-refractivity contribution in [3.05, 3.63) is 59.1 Å². The van der Waals surface area contributed by atoms with Gasteiger partial charge in [0, 0.05) is 25.3 Å². The van der Waals surface area contributed by atoms with Crippen LogP contribution in [0.2, 0.25) is 5.02 Å². The SMILES string of the molecule is C[C@@H]([NH2+][C@H](C)c1ccccc1)C(=O)Nc1ccc(Cl)c(S(=O)(=O)N(C)C)c1. The van der Waals surface area contributed by atoms with Crippen LogP contribution in [0.25, 0.3) is 0 Å². The van der Waals surface area contributed by atoms with E-state index in [1.165, 1.54) is 26.2 Å². The summed E-state index contributed by atoms with van der Waals surface area (Å²) in [7, 11) is -0.840. The van der Waals surface area contributed by atoms with E-state index in [-0.39, 0.29) is 27.9 Å². The van der Waals surface area contributed by atoms with Crippen LogP contribution in [0.4, 0.5) is 5.69 Å². The van der Waals surface area contributed by atoms with E-state index in [0.717, 1.165) is 9.87 Å². The number of quaternary nitrogens is 1. The second-order valence-corrected chi connectivity index (χ2v) is 9.13. The number of halogens is 1. The number of hydrogen-bond acceptors (Lipinski definition) is 3. The largest absolute Gasteiger partial charge is 0.330 e. The molecule has 0 saturated heterocycles. The standard InChI is InChI=1S/C19H24ClN3O3S/c1-13(15-8-6-5-7-9-15)21-14(2)19(24)22-16-10-11-17(20)18(12-16)27(25,26)23(3)4/h5-14,21H,1-4H3,(H,22,24)/p+1/t13-,14-/m1/s1. The number of carbonyl (C=O) groups is 1. The topological polar surface area (TPSA) is 83.1 Å². The van der Waals surface area contributed by atoms with Gasteiger partial charge in [0.1, 0.15) is 10.9 Å². The first-order valence-electron chi connectivity index (χ1n) is 8.56. The molecular formula is C19H25ClN3O3S+. The molecule has 3 N–H and O–H groups in total. The van der Waals surface area contributed by atoms with Crippen LogP contribution in [-0.4, -0.2) is 38.8 Å². The Kier molecular flexibility index (Phi) is 7.00. The summed E-state index contributed by atoms with van der Waals surface area (Å²) < 4.78 is 25.8. The molecule has 1 amide bonds. The molecule has 27 heavy (non-hydrogen) atoms. The van der Waals surface area contributed by atoms with Gasteiger partial charge in [-0.25, -0.2) is 12.7 Å². The van der Waals surface area contributed by atoms with Gasteiger partial charge in [-0.3, -0.25) is 4.79 Å². The van der Waals surface area contributed by atoms with Crippen molar-refractivity contribution in [2.45, 2.75) is 30.8 Å². The lowest BCUT2D eigenvalue weighted by atomic mass is 10.1. The van der Waals surface area contributed by atoms with Crippen molar-refractivity contribution >= 4 is 33.2 Å². The second-order valence-electron chi connectivity index (χ2n) is 6.60. The second kappa shape index (κ2) is 8.84. The van der Waals surface area contributed by atoms with E-state index in [9.17, 15) is 13.2 Å². The van der Waals surface area contributed by atoms with Crippen molar-refractivity contribution in [1.29, 1.82) is 0 Å². The van der Waals surface area contributed by atoms with Crippen LogP contribution in [-0.2, 0) is 14.8 Å². The van der Waals surface area contributed by atoms with Crippen LogP contribution in [0.5, 0.6) is 0 Å². The number of hydrogen-bond donors (Lipinski definition) is 2. The number of benzene rings is 2. The van der Waals surface area contributed by atoms with Gasteiger partial charge in [0.25, 0.3) is 5.91 Å². The molecule has 146 valence electrons. The molecule has 0 aromatic heterocycles. The lowest BCUT2D eigenvalue weighted by Crippen LogP contribution is -2.91. The Hall–Kier alpha value is -1.93. The molecule has 0 radical (unpaired) electrons. The minimum atomic E-state index is -3.70. The van der Waals surface area contributed by atoms with Crippen LogP contribution in [0.15, 0.2) is 53.4 Å². The van der Waals surface area contributed by atoms with Crippen molar-refractivity contribution in [3.8, 4) is 0 Å². The smallest absolute Gasteiger partial charge is 0.282 e. The summed E-state index contributed by atoms with van der Waals surface area (Å²) in [5.74, 6) is -0.215. The lowest BCUT2D eigenvalue weighted by molar-refractivity contribution is -0.709. The summed E-state index contributed by atoms with van der Waals surface area (Å²) in [5, 5.41) is 4.83. The zero-order valence-electron chi connectivity index (χ0n) is 15.8. The Morgan fingerprint density at radius 2 is 1.74 bits per heavy atom. The van der Waals surface area contributed by atoms with E-state index >= 15 is 0 Å². The highest BCUT2D eigenvalue weighted by atomic mass is 35.5. The molecule has 0 fully saturated rings. The third kappa shape index (κ3) is 5.29. The molecule has 0 aliphatic heterocycles. The highest BCUT2D eigenvalue weighted by molar-refractivity contribution is 7.89. The quantitative estimate of drug-likeness (QED) is 0.734. The summed E-state index contributed by atoms with van der Waals surface area (Å²) >= 11 is 6.04. The molecule has 2 atom stereocenters. The Bertz CT molecular complexity index is 902. The number of amides is 1. The first kappa shape index (κ1) is 21.4. The van der Waals surface area contributed by atoms with Gasteiger partial charge in [-0.15, -0.1) is 0 Å². The van der Waals surface area contributed by atoms with Crippen molar-refractivity contribution in [3.63, 3.8) is 0 Å². The van der Waals surface area contributed by atoms with Crippen LogP contribution < -0.4 is 10.6 Å². The number of sulfonamides is 1.